The predicted molar refractivity (Wildman–Crippen MR) is 111 cm³/mol. The lowest BCUT2D eigenvalue weighted by Gasteiger charge is -2.17. The van der Waals surface area contributed by atoms with Gasteiger partial charge in [-0.3, -0.25) is 0 Å². The van der Waals surface area contributed by atoms with Crippen molar-refractivity contribution in [2.75, 3.05) is 0 Å². The Morgan fingerprint density at radius 2 is 1.75 bits per heavy atom. The van der Waals surface area contributed by atoms with Crippen molar-refractivity contribution in [1.82, 2.24) is 0 Å². The minimum absolute atomic E-state index is 0.574. The van der Waals surface area contributed by atoms with E-state index in [2.05, 4.69) is 76.0 Å². The molecule has 0 saturated heterocycles. The maximum absolute atomic E-state index is 4.52. The number of benzene rings is 2. The summed E-state index contributed by atoms with van der Waals surface area (Å²) in [5.41, 5.74) is 7.94. The van der Waals surface area contributed by atoms with E-state index in [0.717, 1.165) is 25.0 Å². The van der Waals surface area contributed by atoms with Gasteiger partial charge in [-0.2, -0.15) is 12.6 Å². The van der Waals surface area contributed by atoms with E-state index >= 15 is 0 Å². The fraction of sp³-hybridized carbons (Fsp3) is 0.304. The molecule has 0 fully saturated rings. The van der Waals surface area contributed by atoms with Crippen molar-refractivity contribution in [3.8, 4) is 11.1 Å². The standard InChI is InChI=1S/C23H28S/c1-5-8-18-10-11-21(16-24)23(14-18)20-12-13-22(17(4)7-3)19(15-20)9-6-2/h5-6,10-15,17,24H,1-2,7-9,16H2,3-4H3. The molecule has 2 rings (SSSR count). The van der Waals surface area contributed by atoms with Crippen LogP contribution in [-0.2, 0) is 18.6 Å². The molecule has 1 atom stereocenters. The van der Waals surface area contributed by atoms with Gasteiger partial charge in [-0.05, 0) is 58.6 Å². The molecule has 0 aliphatic heterocycles. The van der Waals surface area contributed by atoms with E-state index in [1.54, 1.807) is 0 Å². The van der Waals surface area contributed by atoms with Crippen molar-refractivity contribution in [1.29, 1.82) is 0 Å². The minimum Gasteiger partial charge on any atom is -0.175 e. The number of thiol groups is 1. The SMILES string of the molecule is C=CCc1ccc(CS)c(-c2ccc(C(C)CC)c(CC=C)c2)c1. The number of hydrogen-bond acceptors (Lipinski definition) is 1. The van der Waals surface area contributed by atoms with Crippen molar-refractivity contribution in [3.63, 3.8) is 0 Å². The molecule has 24 heavy (non-hydrogen) atoms. The Bertz CT molecular complexity index is 712. The van der Waals surface area contributed by atoms with Crippen LogP contribution in [0.25, 0.3) is 11.1 Å². The first kappa shape index (κ1) is 18.6. The van der Waals surface area contributed by atoms with Gasteiger partial charge in [-0.15, -0.1) is 13.2 Å². The van der Waals surface area contributed by atoms with Gasteiger partial charge in [0.1, 0.15) is 0 Å². The van der Waals surface area contributed by atoms with Gasteiger partial charge >= 0.3 is 0 Å². The van der Waals surface area contributed by atoms with E-state index in [-0.39, 0.29) is 0 Å². The van der Waals surface area contributed by atoms with Crippen molar-refractivity contribution in [2.45, 2.75) is 44.8 Å². The van der Waals surface area contributed by atoms with E-state index in [0.29, 0.717) is 5.92 Å². The van der Waals surface area contributed by atoms with Gasteiger partial charge in [0.15, 0.2) is 0 Å². The smallest absolute Gasteiger partial charge is 0.0160 e. The van der Waals surface area contributed by atoms with Gasteiger partial charge in [0.2, 0.25) is 0 Å². The molecule has 126 valence electrons. The average Bonchev–Trinajstić information content (AvgIpc) is 2.61. The molecule has 1 unspecified atom stereocenters. The molecular formula is C23H28S. The van der Waals surface area contributed by atoms with Crippen LogP contribution in [0.3, 0.4) is 0 Å². The lowest BCUT2D eigenvalue weighted by atomic mass is 9.88. The van der Waals surface area contributed by atoms with Gasteiger partial charge in [-0.1, -0.05) is 62.4 Å². The van der Waals surface area contributed by atoms with Crippen molar-refractivity contribution >= 4 is 12.6 Å². The normalized spacial score (nSPS) is 12.0. The fourth-order valence-electron chi connectivity index (χ4n) is 3.13. The summed E-state index contributed by atoms with van der Waals surface area (Å²) < 4.78 is 0. The third-order valence-corrected chi connectivity index (χ3v) is 5.03. The maximum Gasteiger partial charge on any atom is 0.0160 e. The van der Waals surface area contributed by atoms with E-state index in [1.807, 2.05) is 12.2 Å². The zero-order valence-electron chi connectivity index (χ0n) is 14.9. The summed E-state index contributed by atoms with van der Waals surface area (Å²) in [5, 5.41) is 0. The molecule has 0 aliphatic carbocycles. The first-order valence-electron chi connectivity index (χ1n) is 8.72. The third-order valence-electron chi connectivity index (χ3n) is 4.69. The van der Waals surface area contributed by atoms with Crippen LogP contribution >= 0.6 is 12.6 Å². The molecule has 0 nitrogen and oxygen atoms in total. The number of allylic oxidation sites excluding steroid dienone is 2. The quantitative estimate of drug-likeness (QED) is 0.400. The van der Waals surface area contributed by atoms with E-state index in [9.17, 15) is 0 Å². The monoisotopic (exact) mass is 336 g/mol. The first-order chi connectivity index (χ1) is 11.6. The van der Waals surface area contributed by atoms with Crippen LogP contribution < -0.4 is 0 Å². The number of hydrogen-bond donors (Lipinski definition) is 1. The van der Waals surface area contributed by atoms with Crippen LogP contribution in [0, 0.1) is 0 Å². The van der Waals surface area contributed by atoms with Gasteiger partial charge in [-0.25, -0.2) is 0 Å². The lowest BCUT2D eigenvalue weighted by Crippen LogP contribution is -1.99. The summed E-state index contributed by atoms with van der Waals surface area (Å²) in [7, 11) is 0. The number of rotatable bonds is 8. The van der Waals surface area contributed by atoms with Crippen molar-refractivity contribution in [2.24, 2.45) is 0 Å². The molecule has 0 spiro atoms. The van der Waals surface area contributed by atoms with Crippen molar-refractivity contribution in [3.05, 3.63) is 84.0 Å². The highest BCUT2D eigenvalue weighted by molar-refractivity contribution is 7.79. The summed E-state index contributed by atoms with van der Waals surface area (Å²) in [6, 6.07) is 13.5. The van der Waals surface area contributed by atoms with E-state index in [4.69, 9.17) is 0 Å². The Labute approximate surface area is 152 Å². The van der Waals surface area contributed by atoms with Gasteiger partial charge in [0.25, 0.3) is 0 Å². The summed E-state index contributed by atoms with van der Waals surface area (Å²) in [5.74, 6) is 1.32. The van der Waals surface area contributed by atoms with Crippen LogP contribution in [-0.4, -0.2) is 0 Å². The van der Waals surface area contributed by atoms with Crippen LogP contribution in [0.4, 0.5) is 0 Å². The van der Waals surface area contributed by atoms with Crippen LogP contribution in [0.15, 0.2) is 61.7 Å². The van der Waals surface area contributed by atoms with E-state index in [1.165, 1.54) is 33.4 Å². The third kappa shape index (κ3) is 4.21. The molecule has 2 aromatic carbocycles. The first-order valence-corrected chi connectivity index (χ1v) is 9.35. The second-order valence-corrected chi connectivity index (χ2v) is 6.67. The van der Waals surface area contributed by atoms with Gasteiger partial charge in [0.05, 0.1) is 0 Å². The van der Waals surface area contributed by atoms with Crippen LogP contribution in [0.5, 0.6) is 0 Å². The second-order valence-electron chi connectivity index (χ2n) is 6.36. The molecule has 2 aromatic rings. The molecule has 0 aliphatic rings. The lowest BCUT2D eigenvalue weighted by molar-refractivity contribution is 0.726. The summed E-state index contributed by atoms with van der Waals surface area (Å²) in [6.45, 7) is 12.3. The van der Waals surface area contributed by atoms with Gasteiger partial charge in [0, 0.05) is 5.75 Å². The zero-order chi connectivity index (χ0) is 17.5. The molecule has 0 aromatic heterocycles. The molecule has 0 N–H and O–H groups in total. The van der Waals surface area contributed by atoms with Crippen LogP contribution in [0.1, 0.15) is 48.4 Å². The average molecular weight is 337 g/mol. The van der Waals surface area contributed by atoms with Crippen molar-refractivity contribution < 1.29 is 0 Å². The molecule has 0 saturated carbocycles. The maximum atomic E-state index is 4.52. The molecule has 1 heteroatoms. The Hall–Kier alpha value is -1.73. The van der Waals surface area contributed by atoms with Crippen LogP contribution in [0.2, 0.25) is 0 Å². The highest BCUT2D eigenvalue weighted by Gasteiger charge is 2.12. The molecular weight excluding hydrogens is 308 g/mol. The summed E-state index contributed by atoms with van der Waals surface area (Å²) >= 11 is 4.52. The van der Waals surface area contributed by atoms with Gasteiger partial charge < -0.3 is 0 Å². The molecule has 0 heterocycles. The Morgan fingerprint density at radius 1 is 1.00 bits per heavy atom. The largest absolute Gasteiger partial charge is 0.175 e. The molecule has 0 bridgehead atoms. The fourth-order valence-corrected chi connectivity index (χ4v) is 3.41. The molecule has 0 radical (unpaired) electrons. The highest BCUT2D eigenvalue weighted by atomic mass is 32.1. The Morgan fingerprint density at radius 3 is 2.38 bits per heavy atom. The Kier molecular flexibility index (Phi) is 6.93. The Balaban J connectivity index is 2.55. The second kappa shape index (κ2) is 8.94. The topological polar surface area (TPSA) is 0 Å². The zero-order valence-corrected chi connectivity index (χ0v) is 15.8. The predicted octanol–water partition coefficient (Wildman–Crippen LogP) is 6.75. The summed E-state index contributed by atoms with van der Waals surface area (Å²) in [6.07, 6.45) is 6.91. The summed E-state index contributed by atoms with van der Waals surface area (Å²) in [4.78, 5) is 0. The minimum atomic E-state index is 0.574. The molecule has 0 amide bonds. The van der Waals surface area contributed by atoms with E-state index < -0.39 is 0 Å². The highest BCUT2D eigenvalue weighted by Crippen LogP contribution is 2.31.